The number of likely N-dealkylation sites (tertiary alicyclic amines) is 1. The fraction of sp³-hybridized carbons (Fsp3) is 0.938. The third kappa shape index (κ3) is 3.49. The van der Waals surface area contributed by atoms with Crippen LogP contribution in [0.3, 0.4) is 0 Å². The summed E-state index contributed by atoms with van der Waals surface area (Å²) < 4.78 is 0. The van der Waals surface area contributed by atoms with Crippen molar-refractivity contribution in [1.29, 1.82) is 5.26 Å². The van der Waals surface area contributed by atoms with E-state index in [1.54, 1.807) is 0 Å². The van der Waals surface area contributed by atoms with Gasteiger partial charge < -0.3 is 4.90 Å². The molecule has 0 amide bonds. The van der Waals surface area contributed by atoms with Gasteiger partial charge in [-0.3, -0.25) is 5.32 Å². The molecule has 2 aliphatic rings. The van der Waals surface area contributed by atoms with E-state index in [0.29, 0.717) is 12.1 Å². The molecular formula is C16H29N3. The van der Waals surface area contributed by atoms with E-state index in [4.69, 9.17) is 0 Å². The summed E-state index contributed by atoms with van der Waals surface area (Å²) in [4.78, 5) is 2.65. The summed E-state index contributed by atoms with van der Waals surface area (Å²) in [6.07, 6.45) is 7.24. The molecule has 2 fully saturated rings. The molecule has 0 radical (unpaired) electrons. The van der Waals surface area contributed by atoms with Crippen molar-refractivity contribution in [1.82, 2.24) is 10.2 Å². The number of nitrogens with one attached hydrogen (secondary N) is 1. The Kier molecular flexibility index (Phi) is 4.86. The number of hydrogen-bond acceptors (Lipinski definition) is 3. The van der Waals surface area contributed by atoms with E-state index in [9.17, 15) is 5.26 Å². The van der Waals surface area contributed by atoms with Crippen LogP contribution < -0.4 is 5.32 Å². The number of hydrogen-bond donors (Lipinski definition) is 1. The normalized spacial score (nSPS) is 33.7. The topological polar surface area (TPSA) is 39.1 Å². The average Bonchev–Trinajstić information content (AvgIpc) is 2.83. The third-order valence-electron chi connectivity index (χ3n) is 5.01. The van der Waals surface area contributed by atoms with E-state index in [1.165, 1.54) is 38.8 Å². The maximum Gasteiger partial charge on any atom is 0.108 e. The van der Waals surface area contributed by atoms with Gasteiger partial charge in [-0.25, -0.2) is 0 Å². The van der Waals surface area contributed by atoms with E-state index in [2.05, 4.69) is 37.1 Å². The molecule has 1 heterocycles. The van der Waals surface area contributed by atoms with Crippen LogP contribution in [0.25, 0.3) is 0 Å². The second-order valence-electron chi connectivity index (χ2n) is 6.78. The second-order valence-corrected chi connectivity index (χ2v) is 6.78. The Bertz CT molecular complexity index is 325. The lowest BCUT2D eigenvalue weighted by Crippen LogP contribution is -2.48. The predicted octanol–water partition coefficient (Wildman–Crippen LogP) is 2.92. The van der Waals surface area contributed by atoms with Crippen molar-refractivity contribution in [3.05, 3.63) is 0 Å². The Morgan fingerprint density at radius 1 is 1.32 bits per heavy atom. The summed E-state index contributed by atoms with van der Waals surface area (Å²) in [6, 6.07) is 3.58. The summed E-state index contributed by atoms with van der Waals surface area (Å²) in [6.45, 7) is 9.07. The lowest BCUT2D eigenvalue weighted by atomic mass is 9.92. The minimum atomic E-state index is -0.263. The van der Waals surface area contributed by atoms with Crippen molar-refractivity contribution in [2.24, 2.45) is 5.92 Å². The first kappa shape index (κ1) is 14.8. The van der Waals surface area contributed by atoms with Crippen molar-refractivity contribution >= 4 is 0 Å². The molecule has 108 valence electrons. The maximum absolute atomic E-state index is 9.53. The zero-order valence-corrected chi connectivity index (χ0v) is 12.8. The van der Waals surface area contributed by atoms with E-state index in [-0.39, 0.29) is 5.54 Å². The molecule has 0 aromatic rings. The molecule has 1 saturated heterocycles. The third-order valence-corrected chi connectivity index (χ3v) is 5.01. The number of rotatable bonds is 4. The standard InChI is InChI=1S/C16H29N3/c1-4-14-6-9-19(10-7-14)15-5-8-16(11-15,12-17)18-13(2)3/h13-15,18H,4-11H2,1-3H3. The Morgan fingerprint density at radius 3 is 2.53 bits per heavy atom. The van der Waals surface area contributed by atoms with Crippen LogP contribution in [0.15, 0.2) is 0 Å². The molecule has 19 heavy (non-hydrogen) atoms. The molecule has 0 aromatic heterocycles. The van der Waals surface area contributed by atoms with Crippen LogP contribution in [0.4, 0.5) is 0 Å². The Balaban J connectivity index is 1.89. The summed E-state index contributed by atoms with van der Waals surface area (Å²) in [5.74, 6) is 0.937. The van der Waals surface area contributed by atoms with Crippen LogP contribution in [0.5, 0.6) is 0 Å². The molecule has 3 nitrogen and oxygen atoms in total. The Hall–Kier alpha value is -0.590. The first-order valence-corrected chi connectivity index (χ1v) is 8.01. The molecular weight excluding hydrogens is 234 g/mol. The quantitative estimate of drug-likeness (QED) is 0.847. The van der Waals surface area contributed by atoms with Gasteiger partial charge in [-0.05, 0) is 65.0 Å². The van der Waals surface area contributed by atoms with Crippen LogP contribution in [-0.2, 0) is 0 Å². The lowest BCUT2D eigenvalue weighted by Gasteiger charge is -2.36. The van der Waals surface area contributed by atoms with E-state index < -0.39 is 0 Å². The summed E-state index contributed by atoms with van der Waals surface area (Å²) in [7, 11) is 0. The predicted molar refractivity (Wildman–Crippen MR) is 78.8 cm³/mol. The Labute approximate surface area is 118 Å². The monoisotopic (exact) mass is 263 g/mol. The highest BCUT2D eigenvalue weighted by molar-refractivity contribution is 5.14. The summed E-state index contributed by atoms with van der Waals surface area (Å²) in [5.41, 5.74) is -0.263. The Morgan fingerprint density at radius 2 is 2.00 bits per heavy atom. The fourth-order valence-electron chi connectivity index (χ4n) is 3.87. The number of piperidine rings is 1. The minimum Gasteiger partial charge on any atom is -0.300 e. The van der Waals surface area contributed by atoms with Gasteiger partial charge in [0.05, 0.1) is 6.07 Å². The molecule has 0 spiro atoms. The van der Waals surface area contributed by atoms with Crippen molar-refractivity contribution in [3.63, 3.8) is 0 Å². The van der Waals surface area contributed by atoms with Gasteiger partial charge in [0.1, 0.15) is 5.54 Å². The molecule has 2 rings (SSSR count). The molecule has 1 N–H and O–H groups in total. The van der Waals surface area contributed by atoms with Gasteiger partial charge in [0.2, 0.25) is 0 Å². The maximum atomic E-state index is 9.53. The minimum absolute atomic E-state index is 0.263. The van der Waals surface area contributed by atoms with E-state index in [1.807, 2.05) is 0 Å². The van der Waals surface area contributed by atoms with E-state index >= 15 is 0 Å². The molecule has 3 heteroatoms. The van der Waals surface area contributed by atoms with Crippen LogP contribution in [0, 0.1) is 17.2 Å². The van der Waals surface area contributed by atoms with Crippen molar-refractivity contribution in [3.8, 4) is 6.07 Å². The molecule has 0 bridgehead atoms. The summed E-state index contributed by atoms with van der Waals surface area (Å²) >= 11 is 0. The van der Waals surface area contributed by atoms with Crippen molar-refractivity contribution in [2.45, 2.75) is 76.9 Å². The van der Waals surface area contributed by atoms with Gasteiger partial charge in [0.15, 0.2) is 0 Å². The largest absolute Gasteiger partial charge is 0.300 e. The van der Waals surface area contributed by atoms with Crippen LogP contribution in [0.1, 0.15) is 59.3 Å². The van der Waals surface area contributed by atoms with Gasteiger partial charge in [-0.2, -0.15) is 5.26 Å². The highest BCUT2D eigenvalue weighted by Gasteiger charge is 2.42. The molecule has 1 aliphatic heterocycles. The lowest BCUT2D eigenvalue weighted by molar-refractivity contribution is 0.129. The zero-order valence-electron chi connectivity index (χ0n) is 12.8. The van der Waals surface area contributed by atoms with Gasteiger partial charge in [0, 0.05) is 12.1 Å². The SMILES string of the molecule is CCC1CCN(C2CCC(C#N)(NC(C)C)C2)CC1. The molecule has 2 atom stereocenters. The first-order valence-electron chi connectivity index (χ1n) is 8.01. The van der Waals surface area contributed by atoms with Gasteiger partial charge in [-0.15, -0.1) is 0 Å². The average molecular weight is 263 g/mol. The van der Waals surface area contributed by atoms with E-state index in [0.717, 1.165) is 18.8 Å². The van der Waals surface area contributed by atoms with Gasteiger partial charge >= 0.3 is 0 Å². The zero-order chi connectivity index (χ0) is 13.9. The smallest absolute Gasteiger partial charge is 0.108 e. The number of nitriles is 1. The second kappa shape index (κ2) is 6.24. The van der Waals surface area contributed by atoms with Gasteiger partial charge in [-0.1, -0.05) is 13.3 Å². The fourth-order valence-corrected chi connectivity index (χ4v) is 3.87. The number of nitrogens with zero attached hydrogens (tertiary/aromatic N) is 2. The molecule has 1 aliphatic carbocycles. The highest BCUT2D eigenvalue weighted by atomic mass is 15.2. The van der Waals surface area contributed by atoms with Crippen LogP contribution >= 0.6 is 0 Å². The molecule has 2 unspecified atom stereocenters. The van der Waals surface area contributed by atoms with Crippen LogP contribution in [-0.4, -0.2) is 35.6 Å². The molecule has 0 aromatic carbocycles. The van der Waals surface area contributed by atoms with Gasteiger partial charge in [0.25, 0.3) is 0 Å². The van der Waals surface area contributed by atoms with Crippen LogP contribution in [0.2, 0.25) is 0 Å². The molecule has 1 saturated carbocycles. The first-order chi connectivity index (χ1) is 9.08. The highest BCUT2D eigenvalue weighted by Crippen LogP contribution is 2.35. The van der Waals surface area contributed by atoms with Crippen molar-refractivity contribution < 1.29 is 0 Å². The van der Waals surface area contributed by atoms with Crippen molar-refractivity contribution in [2.75, 3.05) is 13.1 Å². The summed E-state index contributed by atoms with van der Waals surface area (Å²) in [5, 5.41) is 13.0.